The molecule has 0 saturated carbocycles. The Balaban J connectivity index is 2.87. The lowest BCUT2D eigenvalue weighted by Crippen LogP contribution is -2.15. The lowest BCUT2D eigenvalue weighted by Gasteiger charge is -2.23. The standard InChI is InChI=1S/C12H17NO/c1-4-12(2,3)10-5-7-11(8-6-10)13-9-14/h5-9H,4H2,1-3H3,(H,13,14). The Morgan fingerprint density at radius 2 is 1.86 bits per heavy atom. The van der Waals surface area contributed by atoms with Crippen LogP contribution in [0.15, 0.2) is 24.3 Å². The van der Waals surface area contributed by atoms with Gasteiger partial charge in [-0.2, -0.15) is 0 Å². The minimum atomic E-state index is 0.208. The van der Waals surface area contributed by atoms with Crippen molar-refractivity contribution in [2.75, 3.05) is 5.32 Å². The van der Waals surface area contributed by atoms with E-state index < -0.39 is 0 Å². The van der Waals surface area contributed by atoms with Crippen molar-refractivity contribution in [3.63, 3.8) is 0 Å². The van der Waals surface area contributed by atoms with E-state index in [1.54, 1.807) is 0 Å². The van der Waals surface area contributed by atoms with Gasteiger partial charge in [0.25, 0.3) is 0 Å². The smallest absolute Gasteiger partial charge is 0.211 e. The molecule has 76 valence electrons. The number of carbonyl (C=O) groups is 1. The minimum Gasteiger partial charge on any atom is -0.329 e. The summed E-state index contributed by atoms with van der Waals surface area (Å²) in [5.74, 6) is 0. The summed E-state index contributed by atoms with van der Waals surface area (Å²) in [5, 5.41) is 2.62. The molecule has 2 nitrogen and oxygen atoms in total. The molecule has 0 radical (unpaired) electrons. The molecule has 0 unspecified atom stereocenters. The molecular weight excluding hydrogens is 174 g/mol. The normalized spacial score (nSPS) is 11.1. The fraction of sp³-hybridized carbons (Fsp3) is 0.417. The molecule has 0 bridgehead atoms. The van der Waals surface area contributed by atoms with Crippen molar-refractivity contribution in [3.8, 4) is 0 Å². The molecule has 0 fully saturated rings. The van der Waals surface area contributed by atoms with Gasteiger partial charge in [-0.25, -0.2) is 0 Å². The van der Waals surface area contributed by atoms with E-state index in [9.17, 15) is 4.79 Å². The summed E-state index contributed by atoms with van der Waals surface area (Å²) in [7, 11) is 0. The Kier molecular flexibility index (Phi) is 3.28. The molecule has 0 aliphatic carbocycles. The van der Waals surface area contributed by atoms with Crippen molar-refractivity contribution < 1.29 is 4.79 Å². The molecule has 0 spiro atoms. The molecular formula is C12H17NO. The van der Waals surface area contributed by atoms with Crippen LogP contribution in [0, 0.1) is 0 Å². The second-order valence-electron chi connectivity index (χ2n) is 4.08. The Labute approximate surface area is 85.3 Å². The maximum Gasteiger partial charge on any atom is 0.211 e. The van der Waals surface area contributed by atoms with Gasteiger partial charge < -0.3 is 5.32 Å². The van der Waals surface area contributed by atoms with Crippen molar-refractivity contribution in [1.82, 2.24) is 0 Å². The number of hydrogen-bond donors (Lipinski definition) is 1. The van der Waals surface area contributed by atoms with Crippen LogP contribution in [0.3, 0.4) is 0 Å². The lowest BCUT2D eigenvalue weighted by molar-refractivity contribution is -0.105. The first-order valence-electron chi connectivity index (χ1n) is 4.91. The highest BCUT2D eigenvalue weighted by molar-refractivity contribution is 5.71. The van der Waals surface area contributed by atoms with Crippen LogP contribution in [-0.4, -0.2) is 6.41 Å². The Bertz CT molecular complexity index is 301. The maximum absolute atomic E-state index is 10.2. The SMILES string of the molecule is CCC(C)(C)c1ccc(NC=O)cc1. The van der Waals surface area contributed by atoms with Crippen LogP contribution in [-0.2, 0) is 10.2 Å². The number of carbonyl (C=O) groups excluding carboxylic acids is 1. The molecule has 0 saturated heterocycles. The quantitative estimate of drug-likeness (QED) is 0.728. The maximum atomic E-state index is 10.2. The fourth-order valence-electron chi connectivity index (χ4n) is 1.29. The first-order valence-corrected chi connectivity index (χ1v) is 4.91. The largest absolute Gasteiger partial charge is 0.329 e. The van der Waals surface area contributed by atoms with E-state index in [-0.39, 0.29) is 5.41 Å². The van der Waals surface area contributed by atoms with Crippen LogP contribution in [0.5, 0.6) is 0 Å². The number of nitrogens with one attached hydrogen (secondary N) is 1. The van der Waals surface area contributed by atoms with E-state index >= 15 is 0 Å². The first kappa shape index (κ1) is 10.8. The Morgan fingerprint density at radius 1 is 1.29 bits per heavy atom. The lowest BCUT2D eigenvalue weighted by atomic mass is 9.82. The Morgan fingerprint density at radius 3 is 2.29 bits per heavy atom. The molecule has 0 atom stereocenters. The van der Waals surface area contributed by atoms with Gasteiger partial charge in [-0.15, -0.1) is 0 Å². The van der Waals surface area contributed by atoms with Gasteiger partial charge >= 0.3 is 0 Å². The van der Waals surface area contributed by atoms with Crippen LogP contribution in [0.25, 0.3) is 0 Å². The van der Waals surface area contributed by atoms with Crippen LogP contribution in [0.1, 0.15) is 32.8 Å². The summed E-state index contributed by atoms with van der Waals surface area (Å²) in [6, 6.07) is 7.99. The van der Waals surface area contributed by atoms with E-state index in [4.69, 9.17) is 0 Å². The zero-order valence-corrected chi connectivity index (χ0v) is 9.00. The number of hydrogen-bond acceptors (Lipinski definition) is 1. The molecule has 1 aromatic rings. The second-order valence-corrected chi connectivity index (χ2v) is 4.08. The van der Waals surface area contributed by atoms with Gasteiger partial charge in [0.1, 0.15) is 0 Å². The summed E-state index contributed by atoms with van der Waals surface area (Å²) < 4.78 is 0. The third-order valence-electron chi connectivity index (χ3n) is 2.78. The van der Waals surface area contributed by atoms with Crippen LogP contribution >= 0.6 is 0 Å². The summed E-state index contributed by atoms with van der Waals surface area (Å²) in [6.45, 7) is 6.61. The predicted octanol–water partition coefficient (Wildman–Crippen LogP) is 2.94. The average Bonchev–Trinajstić information content (AvgIpc) is 2.19. The highest BCUT2D eigenvalue weighted by atomic mass is 16.1. The van der Waals surface area contributed by atoms with Crippen molar-refractivity contribution in [2.24, 2.45) is 0 Å². The van der Waals surface area contributed by atoms with Crippen LogP contribution in [0.4, 0.5) is 5.69 Å². The summed E-state index contributed by atoms with van der Waals surface area (Å²) in [5.41, 5.74) is 2.35. The zero-order chi connectivity index (χ0) is 10.6. The molecule has 0 heterocycles. The average molecular weight is 191 g/mol. The molecule has 0 aromatic heterocycles. The monoisotopic (exact) mass is 191 g/mol. The highest BCUT2D eigenvalue weighted by Crippen LogP contribution is 2.27. The molecule has 1 amide bonds. The number of amides is 1. The number of rotatable bonds is 4. The van der Waals surface area contributed by atoms with Crippen molar-refractivity contribution in [3.05, 3.63) is 29.8 Å². The summed E-state index contributed by atoms with van der Waals surface area (Å²) in [6.07, 6.45) is 1.80. The minimum absolute atomic E-state index is 0.208. The number of anilines is 1. The Hall–Kier alpha value is -1.31. The van der Waals surface area contributed by atoms with Gasteiger partial charge in [0, 0.05) is 5.69 Å². The van der Waals surface area contributed by atoms with E-state index in [1.807, 2.05) is 12.1 Å². The van der Waals surface area contributed by atoms with E-state index in [0.29, 0.717) is 6.41 Å². The summed E-state index contributed by atoms with van der Waals surface area (Å²) in [4.78, 5) is 10.2. The topological polar surface area (TPSA) is 29.1 Å². The molecule has 14 heavy (non-hydrogen) atoms. The molecule has 1 N–H and O–H groups in total. The van der Waals surface area contributed by atoms with Gasteiger partial charge in [-0.1, -0.05) is 32.9 Å². The zero-order valence-electron chi connectivity index (χ0n) is 9.00. The van der Waals surface area contributed by atoms with Gasteiger partial charge in [-0.05, 0) is 29.5 Å². The van der Waals surface area contributed by atoms with E-state index in [1.165, 1.54) is 5.56 Å². The van der Waals surface area contributed by atoms with Gasteiger partial charge in [-0.3, -0.25) is 4.79 Å². The van der Waals surface area contributed by atoms with Gasteiger partial charge in [0.15, 0.2) is 0 Å². The highest BCUT2D eigenvalue weighted by Gasteiger charge is 2.17. The third kappa shape index (κ3) is 2.34. The molecule has 0 aliphatic rings. The van der Waals surface area contributed by atoms with Crippen LogP contribution in [0.2, 0.25) is 0 Å². The number of benzene rings is 1. The first-order chi connectivity index (χ1) is 6.60. The van der Waals surface area contributed by atoms with Gasteiger partial charge in [0.2, 0.25) is 6.41 Å². The van der Waals surface area contributed by atoms with Crippen molar-refractivity contribution >= 4 is 12.1 Å². The van der Waals surface area contributed by atoms with Crippen molar-refractivity contribution in [1.29, 1.82) is 0 Å². The second kappa shape index (κ2) is 4.27. The van der Waals surface area contributed by atoms with Crippen molar-refractivity contribution in [2.45, 2.75) is 32.6 Å². The third-order valence-corrected chi connectivity index (χ3v) is 2.78. The van der Waals surface area contributed by atoms with E-state index in [2.05, 4.69) is 38.2 Å². The molecule has 2 heteroatoms. The molecule has 0 aliphatic heterocycles. The fourth-order valence-corrected chi connectivity index (χ4v) is 1.29. The van der Waals surface area contributed by atoms with E-state index in [0.717, 1.165) is 12.1 Å². The molecule has 1 aromatic carbocycles. The predicted molar refractivity (Wildman–Crippen MR) is 59.4 cm³/mol. The summed E-state index contributed by atoms with van der Waals surface area (Å²) >= 11 is 0. The molecule has 1 rings (SSSR count). The van der Waals surface area contributed by atoms with Gasteiger partial charge in [0.05, 0.1) is 0 Å². The van der Waals surface area contributed by atoms with Crippen LogP contribution < -0.4 is 5.32 Å².